The molecule has 1 fully saturated rings. The molecule has 0 aromatic carbocycles. The number of carboxylic acid groups (broad SMARTS) is 1. The third-order valence-corrected chi connectivity index (χ3v) is 4.09. The van der Waals surface area contributed by atoms with Gasteiger partial charge in [-0.2, -0.15) is 0 Å². The van der Waals surface area contributed by atoms with Crippen LogP contribution in [0.2, 0.25) is 0 Å². The summed E-state index contributed by atoms with van der Waals surface area (Å²) in [5.74, 6) is -1.44. The van der Waals surface area contributed by atoms with Crippen molar-refractivity contribution < 1.29 is 23.8 Å². The highest BCUT2D eigenvalue weighted by Crippen LogP contribution is 2.43. The summed E-state index contributed by atoms with van der Waals surface area (Å²) in [6, 6.07) is 1.24. The van der Waals surface area contributed by atoms with E-state index in [1.165, 1.54) is 12.5 Å². The van der Waals surface area contributed by atoms with Crippen LogP contribution in [0.25, 0.3) is 0 Å². The Bertz CT molecular complexity index is 504. The second-order valence-electron chi connectivity index (χ2n) is 5.49. The number of furan rings is 1. The third kappa shape index (κ3) is 3.85. The topological polar surface area (TPSA) is 88.8 Å². The van der Waals surface area contributed by atoms with E-state index in [1.54, 1.807) is 0 Å². The number of hydrogen-bond acceptors (Lipinski definition) is 4. The van der Waals surface area contributed by atoms with Gasteiger partial charge in [0.15, 0.2) is 5.76 Å². The Morgan fingerprint density at radius 1 is 1.48 bits per heavy atom. The van der Waals surface area contributed by atoms with Gasteiger partial charge in [0.25, 0.3) is 5.91 Å². The normalized spacial score (nSPS) is 16.2. The summed E-state index contributed by atoms with van der Waals surface area (Å²) in [4.78, 5) is 22.7. The molecule has 21 heavy (non-hydrogen) atoms. The second-order valence-corrected chi connectivity index (χ2v) is 5.49. The predicted molar refractivity (Wildman–Crippen MR) is 75.4 cm³/mol. The van der Waals surface area contributed by atoms with E-state index in [2.05, 4.69) is 5.32 Å². The molecule has 2 N–H and O–H groups in total. The molecular weight excluding hydrogens is 274 g/mol. The average molecular weight is 295 g/mol. The van der Waals surface area contributed by atoms with Crippen LogP contribution in [0.5, 0.6) is 0 Å². The number of carbonyl (C=O) groups is 2. The van der Waals surface area contributed by atoms with Crippen LogP contribution in [0.3, 0.4) is 0 Å². The molecule has 0 spiro atoms. The summed E-state index contributed by atoms with van der Waals surface area (Å²) in [7, 11) is 0. The van der Waals surface area contributed by atoms with Crippen molar-refractivity contribution in [1.82, 2.24) is 5.32 Å². The van der Waals surface area contributed by atoms with E-state index in [4.69, 9.17) is 14.3 Å². The maximum atomic E-state index is 12.0. The first-order valence-corrected chi connectivity index (χ1v) is 7.24. The highest BCUT2D eigenvalue weighted by atomic mass is 16.5. The Morgan fingerprint density at radius 3 is 2.76 bits per heavy atom. The zero-order valence-corrected chi connectivity index (χ0v) is 12.2. The highest BCUT2D eigenvalue weighted by molar-refractivity contribution is 5.95. The highest BCUT2D eigenvalue weighted by Gasteiger charge is 2.37. The number of carboxylic acids is 1. The number of amides is 1. The van der Waals surface area contributed by atoms with E-state index in [9.17, 15) is 9.59 Å². The van der Waals surface area contributed by atoms with Crippen LogP contribution in [0.15, 0.2) is 16.7 Å². The van der Waals surface area contributed by atoms with Crippen molar-refractivity contribution in [3.05, 3.63) is 23.7 Å². The minimum Gasteiger partial charge on any atom is -0.478 e. The van der Waals surface area contributed by atoms with Crippen molar-refractivity contribution in [3.63, 3.8) is 0 Å². The molecule has 0 bridgehead atoms. The maximum absolute atomic E-state index is 12.0. The molecule has 1 aromatic rings. The molecule has 6 heteroatoms. The molecule has 0 saturated heterocycles. The van der Waals surface area contributed by atoms with Gasteiger partial charge in [0.1, 0.15) is 6.26 Å². The zero-order valence-electron chi connectivity index (χ0n) is 12.2. The summed E-state index contributed by atoms with van der Waals surface area (Å²) >= 11 is 0. The lowest BCUT2D eigenvalue weighted by molar-refractivity contribution is 0.0507. The molecule has 0 unspecified atom stereocenters. The number of nitrogens with one attached hydrogen (secondary N) is 1. The summed E-state index contributed by atoms with van der Waals surface area (Å²) in [6.45, 7) is 3.94. The van der Waals surface area contributed by atoms with Gasteiger partial charge >= 0.3 is 5.97 Å². The molecule has 1 amide bonds. The first-order valence-electron chi connectivity index (χ1n) is 7.24. The van der Waals surface area contributed by atoms with Crippen LogP contribution < -0.4 is 5.32 Å². The van der Waals surface area contributed by atoms with Crippen LogP contribution in [-0.4, -0.2) is 36.7 Å². The number of hydrogen-bond donors (Lipinski definition) is 2. The van der Waals surface area contributed by atoms with E-state index in [-0.39, 0.29) is 22.6 Å². The Morgan fingerprint density at radius 2 is 2.24 bits per heavy atom. The van der Waals surface area contributed by atoms with Crippen LogP contribution in [0.1, 0.15) is 53.5 Å². The molecule has 1 saturated carbocycles. The fraction of sp³-hybridized carbons (Fsp3) is 0.600. The minimum absolute atomic E-state index is 0.0187. The lowest BCUT2D eigenvalue weighted by Crippen LogP contribution is -2.42. The van der Waals surface area contributed by atoms with Crippen molar-refractivity contribution >= 4 is 11.9 Å². The Hall–Kier alpha value is -1.82. The van der Waals surface area contributed by atoms with Gasteiger partial charge in [-0.05, 0) is 31.6 Å². The van der Waals surface area contributed by atoms with Gasteiger partial charge in [-0.1, -0.05) is 6.42 Å². The summed E-state index contributed by atoms with van der Waals surface area (Å²) in [5, 5.41) is 11.6. The number of rotatable bonds is 8. The first kappa shape index (κ1) is 15.6. The minimum atomic E-state index is -1.11. The van der Waals surface area contributed by atoms with Gasteiger partial charge < -0.3 is 19.6 Å². The standard InChI is InChI=1S/C15H21NO5/c1-2-20-7-6-15(4-3-5-15)10-16-13(17)12-8-11(9-21-12)14(18)19/h8-9H,2-7,10H2,1H3,(H,16,17)(H,18,19). The average Bonchev–Trinajstić information content (AvgIpc) is 2.90. The Labute approximate surface area is 123 Å². The largest absolute Gasteiger partial charge is 0.478 e. The Balaban J connectivity index is 1.85. The number of aromatic carboxylic acids is 1. The van der Waals surface area contributed by atoms with Crippen LogP contribution in [0, 0.1) is 5.41 Å². The molecule has 1 aliphatic rings. The molecule has 6 nitrogen and oxygen atoms in total. The second kappa shape index (κ2) is 6.76. The molecule has 1 aliphatic carbocycles. The van der Waals surface area contributed by atoms with E-state index in [0.717, 1.165) is 25.5 Å². The molecule has 2 rings (SSSR count). The van der Waals surface area contributed by atoms with Crippen LogP contribution in [-0.2, 0) is 4.74 Å². The fourth-order valence-corrected chi connectivity index (χ4v) is 2.55. The van der Waals surface area contributed by atoms with Crippen molar-refractivity contribution in [2.75, 3.05) is 19.8 Å². The molecule has 1 aromatic heterocycles. The van der Waals surface area contributed by atoms with Gasteiger partial charge in [-0.15, -0.1) is 0 Å². The predicted octanol–water partition coefficient (Wildman–Crippen LogP) is 2.30. The van der Waals surface area contributed by atoms with E-state index in [0.29, 0.717) is 19.8 Å². The zero-order chi connectivity index (χ0) is 15.3. The molecule has 0 radical (unpaired) electrons. The van der Waals surface area contributed by atoms with Crippen molar-refractivity contribution in [2.45, 2.75) is 32.6 Å². The first-order chi connectivity index (χ1) is 10.1. The van der Waals surface area contributed by atoms with Gasteiger partial charge in [-0.25, -0.2) is 4.79 Å². The smallest absolute Gasteiger partial charge is 0.338 e. The van der Waals surface area contributed by atoms with E-state index >= 15 is 0 Å². The lowest BCUT2D eigenvalue weighted by atomic mass is 9.67. The lowest BCUT2D eigenvalue weighted by Gasteiger charge is -2.42. The van der Waals surface area contributed by atoms with Gasteiger partial charge in [0, 0.05) is 25.8 Å². The molecular formula is C15H21NO5. The molecule has 1 heterocycles. The molecule has 0 atom stereocenters. The van der Waals surface area contributed by atoms with Gasteiger partial charge in [0.05, 0.1) is 5.56 Å². The van der Waals surface area contributed by atoms with Crippen molar-refractivity contribution in [2.24, 2.45) is 5.41 Å². The van der Waals surface area contributed by atoms with E-state index in [1.807, 2.05) is 6.92 Å². The quantitative estimate of drug-likeness (QED) is 0.718. The monoisotopic (exact) mass is 295 g/mol. The maximum Gasteiger partial charge on any atom is 0.338 e. The summed E-state index contributed by atoms with van der Waals surface area (Å²) < 4.78 is 10.4. The van der Waals surface area contributed by atoms with Gasteiger partial charge in [-0.3, -0.25) is 4.79 Å². The SMILES string of the molecule is CCOCCC1(CNC(=O)c2cc(C(=O)O)co2)CCC1. The third-order valence-electron chi connectivity index (χ3n) is 4.09. The summed E-state index contributed by atoms with van der Waals surface area (Å²) in [6.07, 6.45) is 5.34. The van der Waals surface area contributed by atoms with Crippen molar-refractivity contribution in [1.29, 1.82) is 0 Å². The Kier molecular flexibility index (Phi) is 5.01. The summed E-state index contributed by atoms with van der Waals surface area (Å²) in [5.41, 5.74) is 0.0995. The number of carbonyl (C=O) groups excluding carboxylic acids is 1. The van der Waals surface area contributed by atoms with Gasteiger partial charge in [0.2, 0.25) is 0 Å². The van der Waals surface area contributed by atoms with Crippen LogP contribution in [0.4, 0.5) is 0 Å². The van der Waals surface area contributed by atoms with Crippen LogP contribution >= 0.6 is 0 Å². The van der Waals surface area contributed by atoms with Crippen molar-refractivity contribution in [3.8, 4) is 0 Å². The molecule has 116 valence electrons. The fourth-order valence-electron chi connectivity index (χ4n) is 2.55. The number of ether oxygens (including phenoxy) is 1. The van der Waals surface area contributed by atoms with E-state index < -0.39 is 5.97 Å². The molecule has 0 aliphatic heterocycles.